The van der Waals surface area contributed by atoms with Crippen molar-refractivity contribution in [2.75, 3.05) is 39.4 Å². The number of para-hydroxylation sites is 1. The van der Waals surface area contributed by atoms with E-state index in [4.69, 9.17) is 14.5 Å². The minimum absolute atomic E-state index is 0.312. The monoisotopic (exact) mass is 416 g/mol. The van der Waals surface area contributed by atoms with Gasteiger partial charge < -0.3 is 25.0 Å². The summed E-state index contributed by atoms with van der Waals surface area (Å²) in [6.07, 6.45) is 5.18. The van der Waals surface area contributed by atoms with Crippen molar-refractivity contribution in [1.29, 1.82) is 0 Å². The van der Waals surface area contributed by atoms with Gasteiger partial charge in [0.1, 0.15) is 5.75 Å². The van der Waals surface area contributed by atoms with Crippen LogP contribution in [0.5, 0.6) is 5.75 Å². The molecule has 1 aliphatic heterocycles. The zero-order valence-electron chi connectivity index (χ0n) is 19.0. The number of piperidine rings is 1. The molecule has 1 saturated carbocycles. The fraction of sp³-hybridized carbons (Fsp3) is 0.708. The maximum absolute atomic E-state index is 6.04. The first-order valence-corrected chi connectivity index (χ1v) is 11.7. The number of nitrogens with one attached hydrogen (secondary N) is 2. The van der Waals surface area contributed by atoms with Crippen LogP contribution in [0.4, 0.5) is 0 Å². The Morgan fingerprint density at radius 2 is 1.93 bits per heavy atom. The van der Waals surface area contributed by atoms with Gasteiger partial charge in [0.05, 0.1) is 25.9 Å². The molecule has 6 nitrogen and oxygen atoms in total. The van der Waals surface area contributed by atoms with Crippen molar-refractivity contribution in [3.05, 3.63) is 29.8 Å². The van der Waals surface area contributed by atoms with E-state index in [0.29, 0.717) is 18.7 Å². The summed E-state index contributed by atoms with van der Waals surface area (Å²) in [5.74, 6) is 2.63. The lowest BCUT2D eigenvalue weighted by atomic mass is 10.1. The molecule has 1 heterocycles. The van der Waals surface area contributed by atoms with E-state index >= 15 is 0 Å². The smallest absolute Gasteiger partial charge is 0.191 e. The van der Waals surface area contributed by atoms with Crippen molar-refractivity contribution in [3.63, 3.8) is 0 Å². The van der Waals surface area contributed by atoms with Crippen LogP contribution in [-0.4, -0.2) is 62.4 Å². The molecule has 1 aliphatic carbocycles. The normalized spacial score (nSPS) is 18.6. The quantitative estimate of drug-likeness (QED) is 0.428. The zero-order chi connectivity index (χ0) is 21.2. The summed E-state index contributed by atoms with van der Waals surface area (Å²) >= 11 is 0. The lowest BCUT2D eigenvalue weighted by Crippen LogP contribution is -2.49. The number of ether oxygens (including phenoxy) is 2. The minimum Gasteiger partial charge on any atom is -0.493 e. The van der Waals surface area contributed by atoms with E-state index in [0.717, 1.165) is 75.4 Å². The average molecular weight is 417 g/mol. The molecule has 2 N–H and O–H groups in total. The van der Waals surface area contributed by atoms with Gasteiger partial charge in [-0.05, 0) is 58.4 Å². The molecule has 6 heteroatoms. The second kappa shape index (κ2) is 12.2. The van der Waals surface area contributed by atoms with E-state index in [1.807, 2.05) is 6.07 Å². The highest BCUT2D eigenvalue weighted by Gasteiger charge is 2.22. The molecule has 2 aliphatic rings. The number of likely N-dealkylation sites (tertiary alicyclic amines) is 1. The summed E-state index contributed by atoms with van der Waals surface area (Å²) in [7, 11) is 0. The first-order chi connectivity index (χ1) is 14.6. The number of hydrogen-bond acceptors (Lipinski definition) is 4. The third kappa shape index (κ3) is 8.15. The van der Waals surface area contributed by atoms with E-state index in [9.17, 15) is 0 Å². The van der Waals surface area contributed by atoms with Gasteiger partial charge in [-0.1, -0.05) is 18.2 Å². The van der Waals surface area contributed by atoms with Crippen LogP contribution in [0, 0.1) is 5.92 Å². The van der Waals surface area contributed by atoms with E-state index in [1.165, 1.54) is 12.8 Å². The van der Waals surface area contributed by atoms with Gasteiger partial charge in [-0.25, -0.2) is 4.99 Å². The summed E-state index contributed by atoms with van der Waals surface area (Å²) in [6.45, 7) is 12.7. The van der Waals surface area contributed by atoms with Crippen LogP contribution in [0.3, 0.4) is 0 Å². The van der Waals surface area contributed by atoms with Crippen molar-refractivity contribution in [2.45, 2.75) is 65.1 Å². The fourth-order valence-electron chi connectivity index (χ4n) is 3.66. The molecule has 0 aromatic heterocycles. The van der Waals surface area contributed by atoms with Gasteiger partial charge in [0.25, 0.3) is 0 Å². The van der Waals surface area contributed by atoms with Crippen molar-refractivity contribution in [3.8, 4) is 5.75 Å². The largest absolute Gasteiger partial charge is 0.493 e. The van der Waals surface area contributed by atoms with Gasteiger partial charge in [0.2, 0.25) is 0 Å². The lowest BCUT2D eigenvalue weighted by molar-refractivity contribution is 0.0532. The second-order valence-electron chi connectivity index (χ2n) is 8.74. The number of benzene rings is 1. The molecule has 0 atom stereocenters. The van der Waals surface area contributed by atoms with Gasteiger partial charge in [0.15, 0.2) is 5.96 Å². The molecular formula is C24H40N4O2. The Kier molecular flexibility index (Phi) is 9.27. The molecular weight excluding hydrogens is 376 g/mol. The van der Waals surface area contributed by atoms with Crippen molar-refractivity contribution in [1.82, 2.24) is 15.5 Å². The van der Waals surface area contributed by atoms with Crippen LogP contribution in [0.1, 0.15) is 52.0 Å². The van der Waals surface area contributed by atoms with Gasteiger partial charge in [-0.15, -0.1) is 0 Å². The van der Waals surface area contributed by atoms with Gasteiger partial charge in [-0.2, -0.15) is 0 Å². The number of guanidine groups is 1. The summed E-state index contributed by atoms with van der Waals surface area (Å²) in [5, 5.41) is 7.04. The van der Waals surface area contributed by atoms with Gasteiger partial charge in [-0.3, -0.25) is 0 Å². The first-order valence-electron chi connectivity index (χ1n) is 11.7. The van der Waals surface area contributed by atoms with E-state index in [1.54, 1.807) is 0 Å². The van der Waals surface area contributed by atoms with Crippen molar-refractivity contribution in [2.24, 2.45) is 10.9 Å². The molecule has 30 heavy (non-hydrogen) atoms. The van der Waals surface area contributed by atoms with Crippen LogP contribution in [0.25, 0.3) is 0 Å². The van der Waals surface area contributed by atoms with E-state index in [2.05, 4.69) is 54.5 Å². The highest BCUT2D eigenvalue weighted by atomic mass is 16.5. The maximum Gasteiger partial charge on any atom is 0.191 e. The molecule has 168 valence electrons. The van der Waals surface area contributed by atoms with Crippen LogP contribution in [0.15, 0.2) is 29.3 Å². The standard InChI is InChI=1S/C24H40N4O2/c1-4-25-24(27-22-11-13-28(14-12-22)15-16-29-19(2)3)26-17-21-7-5-6-8-23(21)30-18-20-9-10-20/h5-8,19-20,22H,4,9-18H2,1-3H3,(H2,25,26,27). The summed E-state index contributed by atoms with van der Waals surface area (Å²) in [4.78, 5) is 7.35. The van der Waals surface area contributed by atoms with Crippen LogP contribution < -0.4 is 15.4 Å². The van der Waals surface area contributed by atoms with E-state index < -0.39 is 0 Å². The molecule has 0 unspecified atom stereocenters. The molecule has 0 spiro atoms. The van der Waals surface area contributed by atoms with Crippen LogP contribution >= 0.6 is 0 Å². The van der Waals surface area contributed by atoms with Gasteiger partial charge in [0, 0.05) is 37.8 Å². The van der Waals surface area contributed by atoms with Crippen molar-refractivity contribution < 1.29 is 9.47 Å². The minimum atomic E-state index is 0.312. The zero-order valence-corrected chi connectivity index (χ0v) is 19.0. The molecule has 0 bridgehead atoms. The Balaban J connectivity index is 1.47. The molecule has 3 rings (SSSR count). The summed E-state index contributed by atoms with van der Waals surface area (Å²) < 4.78 is 11.7. The summed E-state index contributed by atoms with van der Waals surface area (Å²) in [6, 6.07) is 8.75. The Bertz CT molecular complexity index is 652. The Labute approximate surface area is 182 Å². The summed E-state index contributed by atoms with van der Waals surface area (Å²) in [5.41, 5.74) is 1.15. The molecule has 0 amide bonds. The Morgan fingerprint density at radius 1 is 1.17 bits per heavy atom. The molecule has 0 radical (unpaired) electrons. The van der Waals surface area contributed by atoms with Gasteiger partial charge >= 0.3 is 0 Å². The Morgan fingerprint density at radius 3 is 2.63 bits per heavy atom. The predicted molar refractivity (Wildman–Crippen MR) is 123 cm³/mol. The molecule has 2 fully saturated rings. The highest BCUT2D eigenvalue weighted by Crippen LogP contribution is 2.30. The van der Waals surface area contributed by atoms with Crippen LogP contribution in [0.2, 0.25) is 0 Å². The first kappa shape index (κ1) is 22.9. The van der Waals surface area contributed by atoms with E-state index in [-0.39, 0.29) is 0 Å². The molecule has 1 saturated heterocycles. The number of rotatable bonds is 11. The Hall–Kier alpha value is -1.79. The predicted octanol–water partition coefficient (Wildman–Crippen LogP) is 3.42. The topological polar surface area (TPSA) is 58.1 Å². The molecule has 1 aromatic rings. The van der Waals surface area contributed by atoms with Crippen LogP contribution in [-0.2, 0) is 11.3 Å². The third-order valence-electron chi connectivity index (χ3n) is 5.68. The third-order valence-corrected chi connectivity index (χ3v) is 5.68. The molecule has 1 aromatic carbocycles. The number of hydrogen-bond donors (Lipinski definition) is 2. The lowest BCUT2D eigenvalue weighted by Gasteiger charge is -2.33. The highest BCUT2D eigenvalue weighted by molar-refractivity contribution is 5.80. The maximum atomic E-state index is 6.04. The fourth-order valence-corrected chi connectivity index (χ4v) is 3.66. The SMILES string of the molecule is CCNC(=NCc1ccccc1OCC1CC1)NC1CCN(CCOC(C)C)CC1. The second-order valence-corrected chi connectivity index (χ2v) is 8.74. The number of aliphatic imine (C=N–C) groups is 1. The number of nitrogens with zero attached hydrogens (tertiary/aromatic N) is 2. The average Bonchev–Trinajstić information content (AvgIpc) is 3.57. The van der Waals surface area contributed by atoms with Crippen molar-refractivity contribution >= 4 is 5.96 Å².